The molecule has 0 radical (unpaired) electrons. The highest BCUT2D eigenvalue weighted by atomic mass is 19.4. The van der Waals surface area contributed by atoms with Crippen LogP contribution >= 0.6 is 0 Å². The number of nitrogens with zero attached hydrogens (tertiary/aromatic N) is 1. The van der Waals surface area contributed by atoms with E-state index in [1.807, 2.05) is 91.9 Å². The number of rotatable bonds is 6. The van der Waals surface area contributed by atoms with Crippen molar-refractivity contribution in [3.63, 3.8) is 0 Å². The number of alkyl halides is 3. The van der Waals surface area contributed by atoms with Crippen LogP contribution in [0.3, 0.4) is 0 Å². The molecule has 0 bridgehead atoms. The molecule has 1 N–H and O–H groups in total. The molecule has 37 heavy (non-hydrogen) atoms. The first-order valence-electron chi connectivity index (χ1n) is 12.2. The Morgan fingerprint density at radius 3 is 2.03 bits per heavy atom. The molecular weight excluding hydrogens is 471 g/mol. The first-order valence-corrected chi connectivity index (χ1v) is 12.2. The Hall–Kier alpha value is -4.12. The zero-order chi connectivity index (χ0) is 26.0. The van der Waals surface area contributed by atoms with Crippen molar-refractivity contribution in [2.45, 2.75) is 32.0 Å². The molecule has 0 amide bonds. The Bertz CT molecular complexity index is 1540. The molecule has 186 valence electrons. The van der Waals surface area contributed by atoms with E-state index in [2.05, 4.69) is 4.99 Å². The van der Waals surface area contributed by atoms with Gasteiger partial charge in [-0.1, -0.05) is 78.9 Å². The quantitative estimate of drug-likeness (QED) is 0.184. The Morgan fingerprint density at radius 2 is 1.41 bits per heavy atom. The summed E-state index contributed by atoms with van der Waals surface area (Å²) in [6, 6.07) is 28.9. The zero-order valence-corrected chi connectivity index (χ0v) is 20.3. The van der Waals surface area contributed by atoms with Crippen LogP contribution in [0.1, 0.15) is 30.0 Å². The summed E-state index contributed by atoms with van der Waals surface area (Å²) in [7, 11) is 0. The lowest BCUT2D eigenvalue weighted by molar-refractivity contribution is -0.137. The van der Waals surface area contributed by atoms with Crippen molar-refractivity contribution in [1.29, 1.82) is 0 Å². The molecule has 0 aliphatic rings. The maximum Gasteiger partial charge on any atom is 0.416 e. The maximum absolute atomic E-state index is 14.0. The van der Waals surface area contributed by atoms with Crippen LogP contribution in [0.25, 0.3) is 32.7 Å². The number of aryl methyl sites for hydroxylation is 1. The first kappa shape index (κ1) is 24.6. The summed E-state index contributed by atoms with van der Waals surface area (Å²) in [5, 5.41) is 14.6. The van der Waals surface area contributed by atoms with Crippen molar-refractivity contribution >= 4 is 27.8 Å². The molecule has 0 spiro atoms. The molecule has 1 atom stereocenters. The summed E-state index contributed by atoms with van der Waals surface area (Å²) in [5.74, 6) is -0.214. The number of phenolic OH excluding ortho intramolecular Hbond substituents is 1. The fraction of sp³-hybridized carbons (Fsp3) is 0.156. The van der Waals surface area contributed by atoms with Crippen LogP contribution in [0, 0.1) is 0 Å². The predicted octanol–water partition coefficient (Wildman–Crippen LogP) is 8.82. The van der Waals surface area contributed by atoms with Crippen LogP contribution in [0.4, 0.5) is 13.2 Å². The fourth-order valence-electron chi connectivity index (χ4n) is 4.72. The van der Waals surface area contributed by atoms with E-state index in [1.165, 1.54) is 11.8 Å². The topological polar surface area (TPSA) is 32.6 Å². The second-order valence-electron chi connectivity index (χ2n) is 9.30. The van der Waals surface area contributed by atoms with Crippen LogP contribution in [-0.4, -0.2) is 17.4 Å². The Balaban J connectivity index is 1.62. The van der Waals surface area contributed by atoms with Gasteiger partial charge in [-0.25, -0.2) is 0 Å². The van der Waals surface area contributed by atoms with Gasteiger partial charge in [0.2, 0.25) is 0 Å². The number of hydrogen-bond donors (Lipinski definition) is 1. The number of aliphatic imine (C=N–C) groups is 1. The molecular formula is C32H26F3NO. The van der Waals surface area contributed by atoms with Crippen molar-refractivity contribution in [3.8, 4) is 16.9 Å². The lowest BCUT2D eigenvalue weighted by Crippen LogP contribution is -2.07. The van der Waals surface area contributed by atoms with Crippen molar-refractivity contribution in [2.24, 2.45) is 4.99 Å². The summed E-state index contributed by atoms with van der Waals surface area (Å²) in [6.07, 6.45) is -1.66. The van der Waals surface area contributed by atoms with Crippen LogP contribution in [0.2, 0.25) is 0 Å². The van der Waals surface area contributed by atoms with E-state index in [-0.39, 0.29) is 22.9 Å². The minimum absolute atomic E-state index is 0.0494. The summed E-state index contributed by atoms with van der Waals surface area (Å²) in [4.78, 5) is 4.50. The molecule has 5 rings (SSSR count). The normalized spacial score (nSPS) is 13.0. The second-order valence-corrected chi connectivity index (χ2v) is 9.30. The fourth-order valence-corrected chi connectivity index (χ4v) is 4.72. The van der Waals surface area contributed by atoms with Gasteiger partial charge in [-0.3, -0.25) is 4.99 Å². The van der Waals surface area contributed by atoms with Crippen LogP contribution in [0.15, 0.2) is 102 Å². The largest absolute Gasteiger partial charge is 0.507 e. The summed E-state index contributed by atoms with van der Waals surface area (Å²) >= 11 is 0. The average molecular weight is 498 g/mol. The van der Waals surface area contributed by atoms with Crippen molar-refractivity contribution in [1.82, 2.24) is 0 Å². The number of phenols is 1. The van der Waals surface area contributed by atoms with E-state index >= 15 is 0 Å². The minimum atomic E-state index is -4.58. The molecule has 0 saturated heterocycles. The van der Waals surface area contributed by atoms with Gasteiger partial charge in [0.1, 0.15) is 5.75 Å². The molecule has 5 aromatic carbocycles. The van der Waals surface area contributed by atoms with E-state index in [9.17, 15) is 18.3 Å². The van der Waals surface area contributed by atoms with Gasteiger partial charge in [0.25, 0.3) is 0 Å². The Kier molecular flexibility index (Phi) is 6.70. The van der Waals surface area contributed by atoms with E-state index in [0.29, 0.717) is 5.56 Å². The number of hydrogen-bond acceptors (Lipinski definition) is 2. The summed E-state index contributed by atoms with van der Waals surface area (Å²) in [6.45, 7) is 1.92. The summed E-state index contributed by atoms with van der Waals surface area (Å²) in [5.41, 5.74) is 1.12. The second kappa shape index (κ2) is 10.1. The molecule has 1 unspecified atom stereocenters. The molecule has 5 aromatic rings. The smallest absolute Gasteiger partial charge is 0.416 e. The van der Waals surface area contributed by atoms with Gasteiger partial charge in [-0.05, 0) is 65.1 Å². The van der Waals surface area contributed by atoms with Crippen LogP contribution in [-0.2, 0) is 12.6 Å². The Morgan fingerprint density at radius 1 is 0.811 bits per heavy atom. The van der Waals surface area contributed by atoms with Crippen LogP contribution in [0.5, 0.6) is 5.75 Å². The molecule has 0 aliphatic heterocycles. The van der Waals surface area contributed by atoms with Crippen LogP contribution < -0.4 is 0 Å². The van der Waals surface area contributed by atoms with E-state index in [0.717, 1.165) is 46.5 Å². The van der Waals surface area contributed by atoms with Crippen molar-refractivity contribution in [3.05, 3.63) is 114 Å². The third-order valence-corrected chi connectivity index (χ3v) is 6.67. The van der Waals surface area contributed by atoms with Gasteiger partial charge in [-0.15, -0.1) is 0 Å². The van der Waals surface area contributed by atoms with E-state index in [4.69, 9.17) is 0 Å². The van der Waals surface area contributed by atoms with Gasteiger partial charge in [-0.2, -0.15) is 13.2 Å². The highest BCUT2D eigenvalue weighted by Gasteiger charge is 2.32. The highest BCUT2D eigenvalue weighted by Crippen LogP contribution is 2.44. The number of benzene rings is 5. The van der Waals surface area contributed by atoms with Gasteiger partial charge in [0.05, 0.1) is 5.56 Å². The van der Waals surface area contributed by atoms with Gasteiger partial charge < -0.3 is 5.11 Å². The lowest BCUT2D eigenvalue weighted by Gasteiger charge is -2.17. The molecule has 0 aromatic heterocycles. The maximum atomic E-state index is 14.0. The number of halogens is 3. The predicted molar refractivity (Wildman–Crippen MR) is 145 cm³/mol. The molecule has 5 heteroatoms. The standard InChI is InChI=1S/C32H26F3NO/c1-21(15-16-22-9-3-2-4-10-22)36-20-25-18-26(32(33,34)35)19-29(31(25)37)30-27-13-7-5-11-23(27)17-24-12-6-8-14-28(24)30/h2-14,17-21,37H,15-16H2,1H3. The highest BCUT2D eigenvalue weighted by molar-refractivity contribution is 6.14. The average Bonchev–Trinajstić information content (AvgIpc) is 2.90. The molecule has 0 aliphatic carbocycles. The lowest BCUT2D eigenvalue weighted by atomic mass is 9.89. The molecule has 0 heterocycles. The van der Waals surface area contributed by atoms with Crippen molar-refractivity contribution < 1.29 is 18.3 Å². The minimum Gasteiger partial charge on any atom is -0.507 e. The SMILES string of the molecule is CC(CCc1ccccc1)N=Cc1cc(C(F)(F)F)cc(-c2c3ccccc3cc3ccccc23)c1O. The van der Waals surface area contributed by atoms with Gasteiger partial charge in [0.15, 0.2) is 0 Å². The van der Waals surface area contributed by atoms with E-state index < -0.39 is 11.7 Å². The first-order chi connectivity index (χ1) is 17.8. The third-order valence-electron chi connectivity index (χ3n) is 6.67. The molecule has 0 saturated carbocycles. The van der Waals surface area contributed by atoms with E-state index in [1.54, 1.807) is 0 Å². The summed E-state index contributed by atoms with van der Waals surface area (Å²) < 4.78 is 42.0. The number of fused-ring (bicyclic) bond motifs is 2. The Labute approximate surface area is 213 Å². The van der Waals surface area contributed by atoms with Gasteiger partial charge in [0, 0.05) is 28.9 Å². The molecule has 2 nitrogen and oxygen atoms in total. The monoisotopic (exact) mass is 497 g/mol. The van der Waals surface area contributed by atoms with Crippen molar-refractivity contribution in [2.75, 3.05) is 0 Å². The zero-order valence-electron chi connectivity index (χ0n) is 20.3. The van der Waals surface area contributed by atoms with Gasteiger partial charge >= 0.3 is 6.18 Å². The number of aromatic hydroxyl groups is 1. The molecule has 0 fully saturated rings. The third kappa shape index (κ3) is 5.21.